The molecule has 0 bridgehead atoms. The highest BCUT2D eigenvalue weighted by Gasteiger charge is 2.37. The van der Waals surface area contributed by atoms with E-state index in [4.69, 9.17) is 39.5 Å². The van der Waals surface area contributed by atoms with Crippen molar-refractivity contribution in [2.75, 3.05) is 18.5 Å². The Morgan fingerprint density at radius 2 is 1.84 bits per heavy atom. The van der Waals surface area contributed by atoms with Crippen LogP contribution < -0.4 is 10.7 Å². The van der Waals surface area contributed by atoms with Crippen molar-refractivity contribution in [3.05, 3.63) is 61.5 Å². The lowest BCUT2D eigenvalue weighted by atomic mass is 10.1. The molecule has 1 atom stereocenters. The molecule has 3 amide bonds. The Balaban J connectivity index is 1.51. The fourth-order valence-corrected chi connectivity index (χ4v) is 4.08. The number of ether oxygens (including phenoxy) is 1. The Morgan fingerprint density at radius 1 is 1.09 bits per heavy atom. The van der Waals surface area contributed by atoms with Crippen molar-refractivity contribution >= 4 is 80.1 Å². The van der Waals surface area contributed by atoms with Crippen LogP contribution in [-0.4, -0.2) is 41.9 Å². The van der Waals surface area contributed by atoms with Gasteiger partial charge in [-0.1, -0.05) is 50.7 Å². The third-order valence-electron chi connectivity index (χ3n) is 4.42. The highest BCUT2D eigenvalue weighted by molar-refractivity contribution is 9.10. The molecule has 1 saturated heterocycles. The van der Waals surface area contributed by atoms with Crippen molar-refractivity contribution in [1.82, 2.24) is 10.4 Å². The van der Waals surface area contributed by atoms with Crippen LogP contribution >= 0.6 is 50.7 Å². The summed E-state index contributed by atoms with van der Waals surface area (Å²) >= 11 is 21.1. The maximum absolute atomic E-state index is 12.4. The molecule has 2 aromatic rings. The van der Waals surface area contributed by atoms with Crippen LogP contribution in [0.3, 0.4) is 0 Å². The second kappa shape index (κ2) is 10.5. The first-order chi connectivity index (χ1) is 15.1. The zero-order chi connectivity index (χ0) is 23.4. The molecular weight excluding hydrogens is 548 g/mol. The molecule has 3 rings (SSSR count). The van der Waals surface area contributed by atoms with Gasteiger partial charge in [0, 0.05) is 15.9 Å². The van der Waals surface area contributed by atoms with Crippen LogP contribution in [0.5, 0.6) is 0 Å². The zero-order valence-electron chi connectivity index (χ0n) is 16.2. The molecule has 0 aromatic heterocycles. The van der Waals surface area contributed by atoms with Gasteiger partial charge in [-0.15, -0.1) is 0 Å². The summed E-state index contributed by atoms with van der Waals surface area (Å²) in [5.41, 5.74) is 2.90. The monoisotopic (exact) mass is 561 g/mol. The van der Waals surface area contributed by atoms with Gasteiger partial charge in [-0.2, -0.15) is 0 Å². The average molecular weight is 564 g/mol. The Hall–Kier alpha value is -2.33. The Kier molecular flexibility index (Phi) is 8.00. The molecule has 2 N–H and O–H groups in total. The molecule has 1 aliphatic heterocycles. The van der Waals surface area contributed by atoms with Gasteiger partial charge in [0.2, 0.25) is 5.91 Å². The van der Waals surface area contributed by atoms with Gasteiger partial charge in [-0.05, 0) is 36.4 Å². The molecular formula is C20H15BrCl3N3O5. The van der Waals surface area contributed by atoms with Crippen LogP contribution in [0.15, 0.2) is 40.9 Å². The molecule has 8 nitrogen and oxygen atoms in total. The zero-order valence-corrected chi connectivity index (χ0v) is 20.0. The molecule has 1 heterocycles. The standard InChI is InChI=1S/C20H15BrCl3N3O5/c21-11-1-4-16(15(24)6-11)25-17(28)9-32-20(31)10-5-18(29)27(8-10)26-19(30)13-3-2-12(22)7-14(13)23/h1-4,6-7,10H,5,8-9H2,(H,25,28)(H,26,30)/t10-/m0/s1. The summed E-state index contributed by atoms with van der Waals surface area (Å²) in [6.07, 6.45) is -0.173. The SMILES string of the molecule is O=C(COC(=O)[C@H]1CC(=O)N(NC(=O)c2ccc(Cl)cc2Cl)C1)Nc1ccc(Br)cc1Cl. The topological polar surface area (TPSA) is 105 Å². The molecule has 0 spiro atoms. The van der Waals surface area contributed by atoms with Crippen LogP contribution in [0.2, 0.25) is 15.1 Å². The number of nitrogens with one attached hydrogen (secondary N) is 2. The number of nitrogens with zero attached hydrogens (tertiary/aromatic N) is 1. The second-order valence-electron chi connectivity index (χ2n) is 6.75. The summed E-state index contributed by atoms with van der Waals surface area (Å²) in [5.74, 6) is -3.27. The van der Waals surface area contributed by atoms with E-state index in [1.54, 1.807) is 18.2 Å². The molecule has 0 radical (unpaired) electrons. The van der Waals surface area contributed by atoms with Crippen LogP contribution in [0.4, 0.5) is 5.69 Å². The normalized spacial score (nSPS) is 15.4. The number of carbonyl (C=O) groups excluding carboxylic acids is 4. The van der Waals surface area contributed by atoms with Crippen molar-refractivity contribution in [2.24, 2.45) is 5.92 Å². The predicted molar refractivity (Wildman–Crippen MR) is 122 cm³/mol. The average Bonchev–Trinajstić information content (AvgIpc) is 3.08. The first kappa shape index (κ1) is 24.3. The van der Waals surface area contributed by atoms with E-state index >= 15 is 0 Å². The van der Waals surface area contributed by atoms with E-state index in [2.05, 4.69) is 26.7 Å². The summed E-state index contributed by atoms with van der Waals surface area (Å²) in [4.78, 5) is 48.9. The predicted octanol–water partition coefficient (Wildman–Crippen LogP) is 4.08. The number of hydrazine groups is 1. The smallest absolute Gasteiger partial charge is 0.311 e. The maximum atomic E-state index is 12.4. The van der Waals surface area contributed by atoms with Gasteiger partial charge in [0.25, 0.3) is 11.8 Å². The third-order valence-corrected chi connectivity index (χ3v) is 5.78. The molecule has 0 aliphatic carbocycles. The highest BCUT2D eigenvalue weighted by atomic mass is 79.9. The molecule has 0 saturated carbocycles. The number of amides is 3. The Labute approximate surface area is 206 Å². The summed E-state index contributed by atoms with van der Waals surface area (Å²) in [7, 11) is 0. The Bertz CT molecular complexity index is 1100. The first-order valence-corrected chi connectivity index (χ1v) is 11.0. The number of anilines is 1. The van der Waals surface area contributed by atoms with Gasteiger partial charge in [-0.25, -0.2) is 0 Å². The number of hydrogen-bond acceptors (Lipinski definition) is 5. The highest BCUT2D eigenvalue weighted by Crippen LogP contribution is 2.26. The minimum absolute atomic E-state index is 0.102. The summed E-state index contributed by atoms with van der Waals surface area (Å²) in [6.45, 7) is -0.655. The number of benzene rings is 2. The van der Waals surface area contributed by atoms with Gasteiger partial charge >= 0.3 is 5.97 Å². The second-order valence-corrected chi connectivity index (χ2v) is 8.92. The summed E-state index contributed by atoms with van der Waals surface area (Å²) in [5, 5.41) is 4.34. The minimum atomic E-state index is -0.840. The molecule has 0 unspecified atom stereocenters. The molecule has 168 valence electrons. The van der Waals surface area contributed by atoms with E-state index in [0.29, 0.717) is 15.7 Å². The molecule has 12 heteroatoms. The Morgan fingerprint density at radius 3 is 2.53 bits per heavy atom. The van der Waals surface area contributed by atoms with Crippen molar-refractivity contribution in [3.8, 4) is 0 Å². The van der Waals surface area contributed by atoms with Crippen LogP contribution in [0.25, 0.3) is 0 Å². The van der Waals surface area contributed by atoms with Crippen molar-refractivity contribution in [1.29, 1.82) is 0 Å². The number of halogens is 4. The van der Waals surface area contributed by atoms with E-state index in [1.165, 1.54) is 18.2 Å². The summed E-state index contributed by atoms with van der Waals surface area (Å²) in [6, 6.07) is 9.19. The van der Waals surface area contributed by atoms with Crippen LogP contribution in [0, 0.1) is 5.92 Å². The third kappa shape index (κ3) is 6.13. The number of carbonyl (C=O) groups is 4. The molecule has 1 fully saturated rings. The van der Waals surface area contributed by atoms with E-state index in [9.17, 15) is 19.2 Å². The van der Waals surface area contributed by atoms with Gasteiger partial charge in [0.05, 0.1) is 33.8 Å². The lowest BCUT2D eigenvalue weighted by molar-refractivity contribution is -0.151. The van der Waals surface area contributed by atoms with E-state index in [0.717, 1.165) is 9.48 Å². The van der Waals surface area contributed by atoms with Gasteiger partial charge in [0.1, 0.15) is 0 Å². The van der Waals surface area contributed by atoms with E-state index in [-0.39, 0.29) is 23.6 Å². The quantitative estimate of drug-likeness (QED) is 0.516. The van der Waals surface area contributed by atoms with Crippen molar-refractivity contribution in [2.45, 2.75) is 6.42 Å². The molecule has 2 aromatic carbocycles. The van der Waals surface area contributed by atoms with Crippen molar-refractivity contribution in [3.63, 3.8) is 0 Å². The lowest BCUT2D eigenvalue weighted by Gasteiger charge is -2.18. The molecule has 1 aliphatic rings. The van der Waals surface area contributed by atoms with Gasteiger partial charge in [-0.3, -0.25) is 29.6 Å². The fourth-order valence-electron chi connectivity index (χ4n) is 2.86. The number of rotatable bonds is 6. The van der Waals surface area contributed by atoms with Crippen molar-refractivity contribution < 1.29 is 23.9 Å². The van der Waals surface area contributed by atoms with Crippen LogP contribution in [0.1, 0.15) is 16.8 Å². The largest absolute Gasteiger partial charge is 0.455 e. The van der Waals surface area contributed by atoms with E-state index < -0.39 is 36.2 Å². The number of esters is 1. The van der Waals surface area contributed by atoms with Gasteiger partial charge < -0.3 is 10.1 Å². The van der Waals surface area contributed by atoms with Crippen LogP contribution in [-0.2, 0) is 19.1 Å². The first-order valence-electron chi connectivity index (χ1n) is 9.12. The lowest BCUT2D eigenvalue weighted by Crippen LogP contribution is -2.43. The van der Waals surface area contributed by atoms with E-state index in [1.807, 2.05) is 0 Å². The number of hydrogen-bond donors (Lipinski definition) is 2. The minimum Gasteiger partial charge on any atom is -0.455 e. The molecule has 32 heavy (non-hydrogen) atoms. The fraction of sp³-hybridized carbons (Fsp3) is 0.200. The summed E-state index contributed by atoms with van der Waals surface area (Å²) < 4.78 is 5.75. The maximum Gasteiger partial charge on any atom is 0.311 e. The van der Waals surface area contributed by atoms with Gasteiger partial charge in [0.15, 0.2) is 6.61 Å².